The van der Waals surface area contributed by atoms with Gasteiger partial charge in [-0.15, -0.1) is 0 Å². The minimum atomic E-state index is -3.72. The van der Waals surface area contributed by atoms with Crippen LogP contribution in [0.15, 0.2) is 29.2 Å². The number of aliphatic hydroxyl groups is 1. The largest absolute Gasteiger partial charge is 0.396 e. The van der Waals surface area contributed by atoms with Crippen LogP contribution in [0.25, 0.3) is 0 Å². The molecule has 0 spiro atoms. The average Bonchev–Trinajstić information content (AvgIpc) is 2.28. The first-order valence-corrected chi connectivity index (χ1v) is 6.86. The fourth-order valence-corrected chi connectivity index (χ4v) is 2.81. The molecule has 1 unspecified atom stereocenters. The van der Waals surface area contributed by atoms with Crippen molar-refractivity contribution in [3.63, 3.8) is 0 Å². The number of halogens is 1. The van der Waals surface area contributed by atoms with Crippen LogP contribution in [-0.2, 0) is 10.0 Å². The van der Waals surface area contributed by atoms with Crippen molar-refractivity contribution in [3.8, 4) is 0 Å². The summed E-state index contributed by atoms with van der Waals surface area (Å²) in [4.78, 5) is -0.103. The van der Waals surface area contributed by atoms with E-state index < -0.39 is 15.8 Å². The highest BCUT2D eigenvalue weighted by atomic mass is 32.2. The fraction of sp³-hybridized carbons (Fsp3) is 0.455. The zero-order valence-corrected chi connectivity index (χ0v) is 10.4. The number of nitrogens with one attached hydrogen (secondary N) is 1. The molecule has 0 saturated heterocycles. The molecule has 4 nitrogen and oxygen atoms in total. The van der Waals surface area contributed by atoms with E-state index in [1.165, 1.54) is 18.2 Å². The van der Waals surface area contributed by atoms with Gasteiger partial charge in [0.2, 0.25) is 10.0 Å². The summed E-state index contributed by atoms with van der Waals surface area (Å²) in [5.74, 6) is -0.594. The molecule has 6 heteroatoms. The predicted octanol–water partition coefficient (Wildman–Crippen LogP) is 1.26. The Morgan fingerprint density at radius 1 is 1.47 bits per heavy atom. The first kappa shape index (κ1) is 14.1. The number of rotatable bonds is 6. The average molecular weight is 261 g/mol. The molecule has 0 radical (unpaired) electrons. The van der Waals surface area contributed by atoms with E-state index in [1.807, 2.05) is 6.92 Å². The van der Waals surface area contributed by atoms with Gasteiger partial charge in [0, 0.05) is 12.6 Å². The van der Waals surface area contributed by atoms with Gasteiger partial charge in [-0.2, -0.15) is 0 Å². The first-order chi connectivity index (χ1) is 7.99. The third kappa shape index (κ3) is 4.07. The van der Waals surface area contributed by atoms with Crippen molar-refractivity contribution in [2.75, 3.05) is 6.61 Å². The third-order valence-electron chi connectivity index (χ3n) is 2.40. The van der Waals surface area contributed by atoms with Crippen molar-refractivity contribution in [2.24, 2.45) is 0 Å². The maximum atomic E-state index is 12.9. The molecular weight excluding hydrogens is 245 g/mol. The summed E-state index contributed by atoms with van der Waals surface area (Å²) in [6.45, 7) is 1.72. The highest BCUT2D eigenvalue weighted by Gasteiger charge is 2.18. The molecule has 1 aromatic carbocycles. The van der Waals surface area contributed by atoms with E-state index in [1.54, 1.807) is 0 Å². The summed E-state index contributed by atoms with van der Waals surface area (Å²) in [6.07, 6.45) is 0.903. The van der Waals surface area contributed by atoms with Crippen LogP contribution in [-0.4, -0.2) is 26.2 Å². The number of hydrogen-bond donors (Lipinski definition) is 2. The molecule has 0 aromatic heterocycles. The lowest BCUT2D eigenvalue weighted by Gasteiger charge is -2.15. The molecule has 1 rings (SSSR count). The van der Waals surface area contributed by atoms with Gasteiger partial charge in [-0.05, 0) is 31.0 Å². The molecule has 0 amide bonds. The van der Waals surface area contributed by atoms with Gasteiger partial charge in [0.1, 0.15) is 5.82 Å². The van der Waals surface area contributed by atoms with Crippen LogP contribution in [0.4, 0.5) is 4.39 Å². The molecule has 0 aliphatic carbocycles. The van der Waals surface area contributed by atoms with Gasteiger partial charge >= 0.3 is 0 Å². The molecule has 0 bridgehead atoms. The Balaban J connectivity index is 2.88. The summed E-state index contributed by atoms with van der Waals surface area (Å²) in [5.41, 5.74) is 0. The van der Waals surface area contributed by atoms with E-state index in [4.69, 9.17) is 5.11 Å². The van der Waals surface area contributed by atoms with Crippen molar-refractivity contribution in [1.82, 2.24) is 4.72 Å². The van der Waals surface area contributed by atoms with Crippen LogP contribution in [0, 0.1) is 5.82 Å². The number of aliphatic hydroxyl groups excluding tert-OH is 1. The van der Waals surface area contributed by atoms with Crippen molar-refractivity contribution in [1.29, 1.82) is 0 Å². The zero-order chi connectivity index (χ0) is 12.9. The third-order valence-corrected chi connectivity index (χ3v) is 3.92. The SMILES string of the molecule is CCC(CCO)NS(=O)(=O)c1cccc(F)c1. The standard InChI is InChI=1S/C11H16FNO3S/c1-2-10(6-7-14)13-17(15,16)11-5-3-4-9(12)8-11/h3-5,8,10,13-14H,2,6-7H2,1H3. The molecular formula is C11H16FNO3S. The molecule has 0 aliphatic heterocycles. The summed E-state index contributed by atoms with van der Waals surface area (Å²) >= 11 is 0. The van der Waals surface area contributed by atoms with Crippen LogP contribution in [0.5, 0.6) is 0 Å². The number of sulfonamides is 1. The molecule has 96 valence electrons. The maximum Gasteiger partial charge on any atom is 0.240 e. The van der Waals surface area contributed by atoms with Gasteiger partial charge in [0.15, 0.2) is 0 Å². The molecule has 1 atom stereocenters. The van der Waals surface area contributed by atoms with Crippen molar-refractivity contribution in [2.45, 2.75) is 30.7 Å². The van der Waals surface area contributed by atoms with Crippen molar-refractivity contribution >= 4 is 10.0 Å². The van der Waals surface area contributed by atoms with Gasteiger partial charge in [-0.3, -0.25) is 0 Å². The highest BCUT2D eigenvalue weighted by molar-refractivity contribution is 7.89. The van der Waals surface area contributed by atoms with Crippen LogP contribution in [0.3, 0.4) is 0 Å². The Morgan fingerprint density at radius 3 is 2.71 bits per heavy atom. The normalized spacial score (nSPS) is 13.6. The molecule has 0 saturated carbocycles. The van der Waals surface area contributed by atoms with Crippen LogP contribution < -0.4 is 4.72 Å². The summed E-state index contributed by atoms with van der Waals surface area (Å²) in [7, 11) is -3.72. The van der Waals surface area contributed by atoms with Crippen molar-refractivity contribution in [3.05, 3.63) is 30.1 Å². The second kappa shape index (κ2) is 6.09. The summed E-state index contributed by atoms with van der Waals surface area (Å²) in [5, 5.41) is 8.78. The summed E-state index contributed by atoms with van der Waals surface area (Å²) in [6, 6.07) is 4.49. The monoisotopic (exact) mass is 261 g/mol. The second-order valence-corrected chi connectivity index (χ2v) is 5.41. The van der Waals surface area contributed by atoms with Crippen LogP contribution >= 0.6 is 0 Å². The summed E-state index contributed by atoms with van der Waals surface area (Å²) < 4.78 is 39.1. The van der Waals surface area contributed by atoms with E-state index >= 15 is 0 Å². The quantitative estimate of drug-likeness (QED) is 0.810. The van der Waals surface area contributed by atoms with Gasteiger partial charge < -0.3 is 5.11 Å². The Hall–Kier alpha value is -0.980. The molecule has 1 aromatic rings. The van der Waals surface area contributed by atoms with E-state index in [0.29, 0.717) is 12.8 Å². The molecule has 17 heavy (non-hydrogen) atoms. The van der Waals surface area contributed by atoms with E-state index in [-0.39, 0.29) is 17.5 Å². The van der Waals surface area contributed by atoms with E-state index in [2.05, 4.69) is 4.72 Å². The van der Waals surface area contributed by atoms with Gasteiger partial charge in [0.05, 0.1) is 4.90 Å². The molecule has 0 heterocycles. The number of benzene rings is 1. The Labute approximate surface area is 101 Å². The van der Waals surface area contributed by atoms with Crippen LogP contribution in [0.1, 0.15) is 19.8 Å². The lowest BCUT2D eigenvalue weighted by Crippen LogP contribution is -2.35. The minimum absolute atomic E-state index is 0.0931. The maximum absolute atomic E-state index is 12.9. The molecule has 0 fully saturated rings. The van der Waals surface area contributed by atoms with Gasteiger partial charge in [-0.1, -0.05) is 13.0 Å². The molecule has 0 aliphatic rings. The first-order valence-electron chi connectivity index (χ1n) is 5.38. The smallest absolute Gasteiger partial charge is 0.240 e. The molecule has 2 N–H and O–H groups in total. The topological polar surface area (TPSA) is 66.4 Å². The predicted molar refractivity (Wildman–Crippen MR) is 62.5 cm³/mol. The van der Waals surface area contributed by atoms with Crippen LogP contribution in [0.2, 0.25) is 0 Å². The van der Waals surface area contributed by atoms with Gasteiger partial charge in [0.25, 0.3) is 0 Å². The minimum Gasteiger partial charge on any atom is -0.396 e. The second-order valence-electron chi connectivity index (χ2n) is 3.70. The zero-order valence-electron chi connectivity index (χ0n) is 9.56. The Morgan fingerprint density at radius 2 is 2.18 bits per heavy atom. The lowest BCUT2D eigenvalue weighted by atomic mass is 10.2. The van der Waals surface area contributed by atoms with E-state index in [9.17, 15) is 12.8 Å². The van der Waals surface area contributed by atoms with E-state index in [0.717, 1.165) is 6.07 Å². The van der Waals surface area contributed by atoms with Crippen molar-refractivity contribution < 1.29 is 17.9 Å². The highest BCUT2D eigenvalue weighted by Crippen LogP contribution is 2.12. The Bertz CT molecular complexity index is 462. The Kier molecular flexibility index (Phi) is 5.04. The number of hydrogen-bond acceptors (Lipinski definition) is 3. The van der Waals surface area contributed by atoms with Gasteiger partial charge in [-0.25, -0.2) is 17.5 Å². The fourth-order valence-electron chi connectivity index (χ4n) is 1.42. The lowest BCUT2D eigenvalue weighted by molar-refractivity contribution is 0.270.